The third-order valence-electron chi connectivity index (χ3n) is 3.94. The van der Waals surface area contributed by atoms with E-state index in [0.717, 1.165) is 11.1 Å². The number of rotatable bonds is 2. The molecule has 0 heterocycles. The van der Waals surface area contributed by atoms with Gasteiger partial charge in [0.1, 0.15) is 0 Å². The molecule has 0 aliphatic heterocycles. The predicted octanol–water partition coefficient (Wildman–Crippen LogP) is 5.26. The largest absolute Gasteiger partial charge is 0.296 e. The molecule has 0 saturated carbocycles. The lowest BCUT2D eigenvalue weighted by Crippen LogP contribution is -2.18. The first-order chi connectivity index (χ1) is 10.8. The van der Waals surface area contributed by atoms with Crippen molar-refractivity contribution in [1.29, 1.82) is 0 Å². The van der Waals surface area contributed by atoms with Gasteiger partial charge in [-0.1, -0.05) is 66.7 Å². The highest BCUT2D eigenvalue weighted by atomic mass is 14.8. The van der Waals surface area contributed by atoms with E-state index in [4.69, 9.17) is 13.1 Å². The van der Waals surface area contributed by atoms with Gasteiger partial charge in [-0.2, -0.15) is 0 Å². The van der Waals surface area contributed by atoms with E-state index >= 15 is 0 Å². The molecular weight excluding hydrogens is 268 g/mol. The minimum Gasteiger partial charge on any atom is -0.296 e. The Morgan fingerprint density at radius 1 is 0.818 bits per heavy atom. The van der Waals surface area contributed by atoms with Gasteiger partial charge in [0.15, 0.2) is 5.69 Å². The van der Waals surface area contributed by atoms with E-state index in [1.54, 1.807) is 0 Å². The van der Waals surface area contributed by atoms with E-state index in [1.165, 1.54) is 0 Å². The first kappa shape index (κ1) is 13.9. The molecule has 104 valence electrons. The van der Waals surface area contributed by atoms with Crippen LogP contribution in [0.25, 0.3) is 9.69 Å². The molecule has 0 radical (unpaired) electrons. The molecular formula is C20H14N2. The fraction of sp³-hybridized carbons (Fsp3) is 0.100. The van der Waals surface area contributed by atoms with Crippen LogP contribution in [0.15, 0.2) is 78.9 Å². The van der Waals surface area contributed by atoms with Crippen LogP contribution in [0.4, 0.5) is 5.69 Å². The summed E-state index contributed by atoms with van der Waals surface area (Å²) in [4.78, 5) is 7.25. The molecule has 0 unspecified atom stereocenters. The van der Waals surface area contributed by atoms with E-state index < -0.39 is 5.54 Å². The minimum absolute atomic E-state index is 0.151. The molecule has 0 spiro atoms. The van der Waals surface area contributed by atoms with Gasteiger partial charge < -0.3 is 0 Å². The van der Waals surface area contributed by atoms with E-state index in [1.807, 2.05) is 66.7 Å². The average Bonchev–Trinajstić information content (AvgIpc) is 2.63. The van der Waals surface area contributed by atoms with Crippen molar-refractivity contribution in [2.75, 3.05) is 0 Å². The van der Waals surface area contributed by atoms with E-state index in [2.05, 4.69) is 21.8 Å². The Bertz CT molecular complexity index is 786. The normalized spacial score (nSPS) is 22.7. The second-order valence-electron chi connectivity index (χ2n) is 5.25. The van der Waals surface area contributed by atoms with Crippen molar-refractivity contribution >= 4 is 5.69 Å². The lowest BCUT2D eigenvalue weighted by Gasteiger charge is -2.21. The minimum atomic E-state index is -0.700. The first-order valence-electron chi connectivity index (χ1n) is 7.08. The fourth-order valence-corrected chi connectivity index (χ4v) is 2.65. The second kappa shape index (κ2) is 5.72. The second-order valence-corrected chi connectivity index (χ2v) is 5.25. The van der Waals surface area contributed by atoms with Crippen LogP contribution < -0.4 is 0 Å². The van der Waals surface area contributed by atoms with Crippen LogP contribution in [-0.4, -0.2) is 0 Å². The average molecular weight is 282 g/mol. The van der Waals surface area contributed by atoms with Crippen LogP contribution in [0, 0.1) is 13.1 Å². The molecule has 0 saturated heterocycles. The standard InChI is InChI=1S/C20H14N2/c1-21-19-10-8-16(9-11-19)17-12-14-20(22-2,15-13-17)18-6-4-3-5-7-18/h3-15,17H. The van der Waals surface area contributed by atoms with Gasteiger partial charge in [0, 0.05) is 23.6 Å². The maximum Gasteiger partial charge on any atom is 0.294 e. The Balaban J connectivity index is 1.90. The third kappa shape index (κ3) is 2.43. The number of nitrogens with zero attached hydrogens (tertiary/aromatic N) is 2. The summed E-state index contributed by atoms with van der Waals surface area (Å²) in [7, 11) is 0. The first-order valence-corrected chi connectivity index (χ1v) is 7.08. The molecule has 2 nitrogen and oxygen atoms in total. The summed E-state index contributed by atoms with van der Waals surface area (Å²) in [5, 5.41) is 0. The molecule has 0 N–H and O–H groups in total. The smallest absolute Gasteiger partial charge is 0.294 e. The molecule has 0 fully saturated rings. The molecule has 2 aromatic rings. The molecule has 0 atom stereocenters. The maximum atomic E-state index is 7.60. The molecule has 1 aliphatic carbocycles. The molecule has 2 aromatic carbocycles. The maximum absolute atomic E-state index is 7.60. The molecule has 2 heteroatoms. The van der Waals surface area contributed by atoms with Gasteiger partial charge in [-0.15, -0.1) is 0 Å². The highest BCUT2D eigenvalue weighted by molar-refractivity contribution is 5.49. The van der Waals surface area contributed by atoms with Crippen molar-refractivity contribution in [3.8, 4) is 0 Å². The summed E-state index contributed by atoms with van der Waals surface area (Å²) in [6.45, 7) is 14.6. The molecule has 0 bridgehead atoms. The van der Waals surface area contributed by atoms with E-state index in [-0.39, 0.29) is 5.92 Å². The summed E-state index contributed by atoms with van der Waals surface area (Å²) in [5.41, 5.74) is 2.06. The topological polar surface area (TPSA) is 8.72 Å². The van der Waals surface area contributed by atoms with Gasteiger partial charge in [-0.3, -0.25) is 4.85 Å². The Kier molecular flexibility index (Phi) is 3.60. The van der Waals surface area contributed by atoms with E-state index in [9.17, 15) is 0 Å². The van der Waals surface area contributed by atoms with Crippen LogP contribution >= 0.6 is 0 Å². The van der Waals surface area contributed by atoms with Crippen LogP contribution in [0.2, 0.25) is 0 Å². The molecule has 0 aromatic heterocycles. The van der Waals surface area contributed by atoms with Crippen LogP contribution in [0.1, 0.15) is 17.0 Å². The van der Waals surface area contributed by atoms with Gasteiger partial charge in [0.05, 0.1) is 6.57 Å². The zero-order valence-electron chi connectivity index (χ0n) is 12.0. The third-order valence-corrected chi connectivity index (χ3v) is 3.94. The monoisotopic (exact) mass is 282 g/mol. The lowest BCUT2D eigenvalue weighted by atomic mass is 9.82. The summed E-state index contributed by atoms with van der Waals surface area (Å²) in [6.07, 6.45) is 8.08. The van der Waals surface area contributed by atoms with Crippen molar-refractivity contribution < 1.29 is 0 Å². The fourth-order valence-electron chi connectivity index (χ4n) is 2.65. The summed E-state index contributed by atoms with van der Waals surface area (Å²) >= 11 is 0. The van der Waals surface area contributed by atoms with Crippen LogP contribution in [0.3, 0.4) is 0 Å². The van der Waals surface area contributed by atoms with E-state index in [0.29, 0.717) is 5.69 Å². The van der Waals surface area contributed by atoms with Gasteiger partial charge in [0.25, 0.3) is 5.54 Å². The van der Waals surface area contributed by atoms with Crippen molar-refractivity contribution in [3.05, 3.63) is 113 Å². The van der Waals surface area contributed by atoms with Crippen LogP contribution in [0.5, 0.6) is 0 Å². The van der Waals surface area contributed by atoms with Crippen molar-refractivity contribution in [1.82, 2.24) is 0 Å². The number of hydrogen-bond acceptors (Lipinski definition) is 0. The molecule has 1 aliphatic rings. The highest BCUT2D eigenvalue weighted by Crippen LogP contribution is 2.36. The van der Waals surface area contributed by atoms with Crippen molar-refractivity contribution in [2.24, 2.45) is 0 Å². The molecule has 3 rings (SSSR count). The Labute approximate surface area is 130 Å². The predicted molar refractivity (Wildman–Crippen MR) is 88.4 cm³/mol. The lowest BCUT2D eigenvalue weighted by molar-refractivity contribution is 0.809. The van der Waals surface area contributed by atoms with Gasteiger partial charge in [0.2, 0.25) is 0 Å². The van der Waals surface area contributed by atoms with Gasteiger partial charge in [-0.05, 0) is 5.56 Å². The summed E-state index contributed by atoms with van der Waals surface area (Å²) in [6, 6.07) is 17.4. The molecule has 22 heavy (non-hydrogen) atoms. The SMILES string of the molecule is [C-]#[N+]c1ccc(C2C=CC([N+]#[C-])(c3ccccc3)C=C2)cc1. The summed E-state index contributed by atoms with van der Waals surface area (Å²) in [5.74, 6) is 0.151. The highest BCUT2D eigenvalue weighted by Gasteiger charge is 2.35. The Morgan fingerprint density at radius 2 is 1.45 bits per heavy atom. The van der Waals surface area contributed by atoms with Gasteiger partial charge >= 0.3 is 0 Å². The van der Waals surface area contributed by atoms with Crippen molar-refractivity contribution in [3.63, 3.8) is 0 Å². The Hall–Kier alpha value is -3.10. The zero-order chi connectivity index (χ0) is 15.4. The number of allylic oxidation sites excluding steroid dienone is 2. The number of hydrogen-bond donors (Lipinski definition) is 0. The molecule has 0 amide bonds. The Morgan fingerprint density at radius 3 is 2.00 bits per heavy atom. The summed E-state index contributed by atoms with van der Waals surface area (Å²) < 4.78 is 0. The number of benzene rings is 2. The van der Waals surface area contributed by atoms with Gasteiger partial charge in [-0.25, -0.2) is 11.4 Å². The zero-order valence-corrected chi connectivity index (χ0v) is 12.0. The quantitative estimate of drug-likeness (QED) is 0.524. The van der Waals surface area contributed by atoms with Crippen molar-refractivity contribution in [2.45, 2.75) is 11.5 Å². The van der Waals surface area contributed by atoms with Crippen LogP contribution in [-0.2, 0) is 5.54 Å².